The van der Waals surface area contributed by atoms with Gasteiger partial charge in [0, 0.05) is 17.7 Å². The van der Waals surface area contributed by atoms with Gasteiger partial charge in [0.25, 0.3) is 0 Å². The molecule has 5 aromatic rings. The lowest BCUT2D eigenvalue weighted by Gasteiger charge is -2.23. The second-order valence-electron chi connectivity index (χ2n) is 10.2. The van der Waals surface area contributed by atoms with Crippen LogP contribution >= 0.6 is 11.8 Å². The number of rotatable bonds is 8. The number of carbonyl (C=O) groups is 2. The van der Waals surface area contributed by atoms with E-state index < -0.39 is 0 Å². The summed E-state index contributed by atoms with van der Waals surface area (Å²) in [6, 6.07) is 29.0. The Bertz CT molecular complexity index is 1780. The number of fused-ring (bicyclic) bond motifs is 1. The molecule has 1 aromatic heterocycles. The first-order valence-electron chi connectivity index (χ1n) is 13.9. The van der Waals surface area contributed by atoms with Crippen molar-refractivity contribution in [2.24, 2.45) is 0 Å². The normalized spacial score (nSPS) is 14.6. The summed E-state index contributed by atoms with van der Waals surface area (Å²) >= 11 is 1.41. The molecule has 6 rings (SSSR count). The molecule has 0 radical (unpaired) electrons. The SMILES string of the molecule is COc1ccc(-n2nc(-c3ccccc3)c3c2N(CC(=O)NCc2ccc(F)cc2)C(=O)CS[C@H]3c2ccc(F)cc2)cc1. The number of thioether (sulfide) groups is 1. The summed E-state index contributed by atoms with van der Waals surface area (Å²) in [7, 11) is 1.58. The van der Waals surface area contributed by atoms with Crippen LogP contribution in [-0.4, -0.2) is 41.0 Å². The Morgan fingerprint density at radius 2 is 1.59 bits per heavy atom. The largest absolute Gasteiger partial charge is 0.497 e. The molecule has 0 spiro atoms. The summed E-state index contributed by atoms with van der Waals surface area (Å²) in [6.45, 7) is -0.0895. The predicted octanol–water partition coefficient (Wildman–Crippen LogP) is 6.31. The highest BCUT2D eigenvalue weighted by atomic mass is 32.2. The molecule has 7 nitrogen and oxygen atoms in total. The molecule has 2 heterocycles. The highest BCUT2D eigenvalue weighted by Crippen LogP contribution is 2.48. The monoisotopic (exact) mass is 610 g/mol. The molecule has 222 valence electrons. The van der Waals surface area contributed by atoms with Crippen LogP contribution in [0.4, 0.5) is 14.6 Å². The van der Waals surface area contributed by atoms with Crippen molar-refractivity contribution in [3.8, 4) is 22.7 Å². The van der Waals surface area contributed by atoms with Crippen molar-refractivity contribution < 1.29 is 23.1 Å². The zero-order valence-corrected chi connectivity index (χ0v) is 24.6. The lowest BCUT2D eigenvalue weighted by atomic mass is 9.99. The number of anilines is 1. The fourth-order valence-electron chi connectivity index (χ4n) is 5.14. The van der Waals surface area contributed by atoms with Gasteiger partial charge in [-0.15, -0.1) is 11.8 Å². The van der Waals surface area contributed by atoms with Gasteiger partial charge < -0.3 is 10.1 Å². The average Bonchev–Trinajstić information content (AvgIpc) is 3.38. The second-order valence-corrected chi connectivity index (χ2v) is 11.3. The van der Waals surface area contributed by atoms with E-state index in [1.807, 2.05) is 42.5 Å². The van der Waals surface area contributed by atoms with E-state index in [4.69, 9.17) is 9.84 Å². The van der Waals surface area contributed by atoms with E-state index in [2.05, 4.69) is 5.32 Å². The standard InChI is InChI=1S/C34H28F2N4O3S/c1-43-28-17-15-27(16-18-28)40-34-31(32(38-40)23-5-3-2-4-6-23)33(24-9-13-26(36)14-10-24)44-21-30(42)39(34)20-29(41)37-19-22-7-11-25(35)12-8-22/h2-18,33H,19-21H2,1H3,(H,37,41)/t33-/m0/s1. The fourth-order valence-corrected chi connectivity index (χ4v) is 6.33. The van der Waals surface area contributed by atoms with Crippen molar-refractivity contribution in [2.75, 3.05) is 24.3 Å². The van der Waals surface area contributed by atoms with E-state index in [0.29, 0.717) is 22.9 Å². The van der Waals surface area contributed by atoms with Crippen LogP contribution in [-0.2, 0) is 16.1 Å². The minimum absolute atomic E-state index is 0.0822. The van der Waals surface area contributed by atoms with E-state index in [0.717, 1.165) is 22.3 Å². The van der Waals surface area contributed by atoms with Crippen molar-refractivity contribution in [2.45, 2.75) is 11.8 Å². The Kier molecular flexibility index (Phi) is 8.42. The van der Waals surface area contributed by atoms with Crippen LogP contribution in [0.3, 0.4) is 0 Å². The zero-order valence-electron chi connectivity index (χ0n) is 23.7. The van der Waals surface area contributed by atoms with E-state index in [1.165, 1.54) is 40.9 Å². The average molecular weight is 611 g/mol. The molecule has 44 heavy (non-hydrogen) atoms. The van der Waals surface area contributed by atoms with Crippen LogP contribution < -0.4 is 15.0 Å². The number of benzene rings is 4. The van der Waals surface area contributed by atoms with Crippen LogP contribution in [0.15, 0.2) is 103 Å². The molecule has 1 aliphatic heterocycles. The minimum atomic E-state index is -0.386. The third kappa shape index (κ3) is 6.07. The van der Waals surface area contributed by atoms with Crippen molar-refractivity contribution in [1.82, 2.24) is 15.1 Å². The molecular formula is C34H28F2N4O3S. The molecule has 1 aliphatic rings. The zero-order chi connectivity index (χ0) is 30.6. The Morgan fingerprint density at radius 3 is 2.25 bits per heavy atom. The third-order valence-corrected chi connectivity index (χ3v) is 8.59. The highest BCUT2D eigenvalue weighted by Gasteiger charge is 2.37. The Labute approximate surface area is 257 Å². The number of methoxy groups -OCH3 is 1. The molecular weight excluding hydrogens is 582 g/mol. The Hall–Kier alpha value is -4.96. The second kappa shape index (κ2) is 12.7. The third-order valence-electron chi connectivity index (χ3n) is 7.33. The molecule has 1 N–H and O–H groups in total. The number of ether oxygens (including phenoxy) is 1. The molecule has 0 aliphatic carbocycles. The Morgan fingerprint density at radius 1 is 0.932 bits per heavy atom. The van der Waals surface area contributed by atoms with E-state index in [-0.39, 0.29) is 47.5 Å². The molecule has 0 bridgehead atoms. The lowest BCUT2D eigenvalue weighted by Crippen LogP contribution is -2.42. The number of halogens is 2. The van der Waals surface area contributed by atoms with Gasteiger partial charge in [-0.3, -0.25) is 14.5 Å². The lowest BCUT2D eigenvalue weighted by molar-refractivity contribution is -0.123. The molecule has 0 unspecified atom stereocenters. The van der Waals surface area contributed by atoms with Gasteiger partial charge in [-0.1, -0.05) is 54.6 Å². The summed E-state index contributed by atoms with van der Waals surface area (Å²) in [6.07, 6.45) is 0. The smallest absolute Gasteiger partial charge is 0.240 e. The van der Waals surface area contributed by atoms with Gasteiger partial charge >= 0.3 is 0 Å². The number of nitrogens with one attached hydrogen (secondary N) is 1. The minimum Gasteiger partial charge on any atom is -0.497 e. The quantitative estimate of drug-likeness (QED) is 0.223. The molecule has 2 amide bonds. The number of hydrogen-bond acceptors (Lipinski definition) is 5. The number of nitrogens with zero attached hydrogens (tertiary/aromatic N) is 3. The van der Waals surface area contributed by atoms with Crippen molar-refractivity contribution in [1.29, 1.82) is 0 Å². The van der Waals surface area contributed by atoms with Gasteiger partial charge in [0.1, 0.15) is 29.7 Å². The van der Waals surface area contributed by atoms with Crippen LogP contribution in [0.1, 0.15) is 21.9 Å². The number of aromatic nitrogens is 2. The van der Waals surface area contributed by atoms with Gasteiger partial charge in [0.05, 0.1) is 29.5 Å². The molecule has 1 atom stereocenters. The molecule has 0 saturated heterocycles. The van der Waals surface area contributed by atoms with Crippen LogP contribution in [0.2, 0.25) is 0 Å². The van der Waals surface area contributed by atoms with Crippen LogP contribution in [0.25, 0.3) is 16.9 Å². The van der Waals surface area contributed by atoms with Crippen molar-refractivity contribution >= 4 is 29.4 Å². The van der Waals surface area contributed by atoms with Gasteiger partial charge in [0.2, 0.25) is 11.8 Å². The van der Waals surface area contributed by atoms with Crippen LogP contribution in [0, 0.1) is 11.6 Å². The fraction of sp³-hybridized carbons (Fsp3) is 0.147. The highest BCUT2D eigenvalue weighted by molar-refractivity contribution is 8.00. The number of carbonyl (C=O) groups excluding carboxylic acids is 2. The topological polar surface area (TPSA) is 76.5 Å². The van der Waals surface area contributed by atoms with Gasteiger partial charge in [-0.2, -0.15) is 5.10 Å². The summed E-state index contributed by atoms with van der Waals surface area (Å²) in [5.74, 6) is -0.191. The first-order valence-corrected chi connectivity index (χ1v) is 15.0. The van der Waals surface area contributed by atoms with Gasteiger partial charge in [-0.25, -0.2) is 13.5 Å². The number of hydrogen-bond donors (Lipinski definition) is 1. The first-order chi connectivity index (χ1) is 21.4. The first kappa shape index (κ1) is 29.1. The number of amides is 2. The van der Waals surface area contributed by atoms with E-state index >= 15 is 0 Å². The Balaban J connectivity index is 1.49. The molecule has 4 aromatic carbocycles. The molecule has 0 fully saturated rings. The maximum absolute atomic E-state index is 14.0. The summed E-state index contributed by atoms with van der Waals surface area (Å²) in [5.41, 5.74) is 4.41. The summed E-state index contributed by atoms with van der Waals surface area (Å²) in [5, 5.41) is 7.51. The van der Waals surface area contributed by atoms with E-state index in [1.54, 1.807) is 48.2 Å². The van der Waals surface area contributed by atoms with Gasteiger partial charge in [0.15, 0.2) is 0 Å². The summed E-state index contributed by atoms with van der Waals surface area (Å²) in [4.78, 5) is 28.7. The molecule has 0 saturated carbocycles. The van der Waals surface area contributed by atoms with Crippen LogP contribution in [0.5, 0.6) is 5.75 Å². The van der Waals surface area contributed by atoms with E-state index in [9.17, 15) is 18.4 Å². The summed E-state index contributed by atoms with van der Waals surface area (Å²) < 4.78 is 34.4. The van der Waals surface area contributed by atoms with Crippen molar-refractivity contribution in [3.05, 3.63) is 131 Å². The molecule has 10 heteroatoms. The van der Waals surface area contributed by atoms with Gasteiger partial charge in [-0.05, 0) is 59.7 Å². The van der Waals surface area contributed by atoms with Crippen molar-refractivity contribution in [3.63, 3.8) is 0 Å². The maximum atomic E-state index is 14.0. The maximum Gasteiger partial charge on any atom is 0.240 e. The predicted molar refractivity (Wildman–Crippen MR) is 167 cm³/mol.